The summed E-state index contributed by atoms with van der Waals surface area (Å²) in [5, 5.41) is 3.24. The van der Waals surface area contributed by atoms with Crippen LogP contribution >= 0.6 is 27.5 Å². The molecule has 0 bridgehead atoms. The van der Waals surface area contributed by atoms with Gasteiger partial charge in [-0.25, -0.2) is 13.2 Å². The SMILES string of the molecule is CNC(c1ccc(F)c(F)c1F)c1cccc(Br)c1Cl. The molecule has 0 aliphatic carbocycles. The number of hydrogen-bond donors (Lipinski definition) is 1. The van der Waals surface area contributed by atoms with Gasteiger partial charge in [0, 0.05) is 10.0 Å². The van der Waals surface area contributed by atoms with E-state index in [0.717, 1.165) is 6.07 Å². The van der Waals surface area contributed by atoms with Crippen molar-refractivity contribution in [2.45, 2.75) is 6.04 Å². The number of nitrogens with one attached hydrogen (secondary N) is 1. The highest BCUT2D eigenvalue weighted by Gasteiger charge is 2.23. The summed E-state index contributed by atoms with van der Waals surface area (Å²) in [6.45, 7) is 0. The fourth-order valence-electron chi connectivity index (χ4n) is 1.99. The first-order valence-electron chi connectivity index (χ1n) is 5.72. The average molecular weight is 365 g/mol. The Labute approximate surface area is 127 Å². The fourth-order valence-corrected chi connectivity index (χ4v) is 2.60. The zero-order valence-corrected chi connectivity index (χ0v) is 12.7. The second-order valence-electron chi connectivity index (χ2n) is 4.13. The van der Waals surface area contributed by atoms with E-state index in [0.29, 0.717) is 15.1 Å². The molecule has 2 aromatic rings. The molecule has 1 atom stereocenters. The van der Waals surface area contributed by atoms with Crippen molar-refractivity contribution < 1.29 is 13.2 Å². The van der Waals surface area contributed by atoms with Gasteiger partial charge < -0.3 is 5.32 Å². The van der Waals surface area contributed by atoms with Crippen molar-refractivity contribution in [3.8, 4) is 0 Å². The topological polar surface area (TPSA) is 12.0 Å². The minimum atomic E-state index is -1.49. The summed E-state index contributed by atoms with van der Waals surface area (Å²) in [5.74, 6) is -3.93. The summed E-state index contributed by atoms with van der Waals surface area (Å²) in [5.41, 5.74) is 0.555. The largest absolute Gasteiger partial charge is 0.309 e. The summed E-state index contributed by atoms with van der Waals surface area (Å²) in [6, 6.07) is 6.56. The molecule has 0 fully saturated rings. The Hall–Kier alpha value is -1.04. The van der Waals surface area contributed by atoms with Crippen molar-refractivity contribution in [1.82, 2.24) is 5.32 Å². The molecule has 0 aromatic heterocycles. The predicted molar refractivity (Wildman–Crippen MR) is 76.4 cm³/mol. The Kier molecular flexibility index (Phi) is 4.73. The molecule has 0 spiro atoms. The van der Waals surface area contributed by atoms with E-state index in [1.165, 1.54) is 6.07 Å². The van der Waals surface area contributed by atoms with Crippen molar-refractivity contribution in [2.24, 2.45) is 0 Å². The Morgan fingerprint density at radius 1 is 1.05 bits per heavy atom. The van der Waals surface area contributed by atoms with Crippen molar-refractivity contribution in [3.63, 3.8) is 0 Å². The molecule has 0 amide bonds. The lowest BCUT2D eigenvalue weighted by Crippen LogP contribution is -2.20. The van der Waals surface area contributed by atoms with E-state index < -0.39 is 23.5 Å². The minimum absolute atomic E-state index is 0.00796. The van der Waals surface area contributed by atoms with Gasteiger partial charge in [-0.1, -0.05) is 29.8 Å². The van der Waals surface area contributed by atoms with Crippen LogP contribution in [0.4, 0.5) is 13.2 Å². The molecular weight excluding hydrogens is 355 g/mol. The van der Waals surface area contributed by atoms with Gasteiger partial charge in [-0.05, 0) is 40.7 Å². The number of hydrogen-bond acceptors (Lipinski definition) is 1. The second-order valence-corrected chi connectivity index (χ2v) is 5.36. The normalized spacial score (nSPS) is 12.5. The van der Waals surface area contributed by atoms with Crippen LogP contribution in [0, 0.1) is 17.5 Å². The van der Waals surface area contributed by atoms with Gasteiger partial charge in [-0.2, -0.15) is 0 Å². The first-order chi connectivity index (χ1) is 9.47. The number of halogens is 5. The predicted octanol–water partition coefficient (Wildman–Crippen LogP) is 4.83. The molecule has 20 heavy (non-hydrogen) atoms. The summed E-state index contributed by atoms with van der Waals surface area (Å²) in [4.78, 5) is 0. The molecule has 2 rings (SSSR count). The molecule has 106 valence electrons. The molecule has 0 aliphatic rings. The summed E-state index contributed by atoms with van der Waals surface area (Å²) in [7, 11) is 1.59. The van der Waals surface area contributed by atoms with Gasteiger partial charge in [0.2, 0.25) is 0 Å². The highest BCUT2D eigenvalue weighted by molar-refractivity contribution is 9.10. The summed E-state index contributed by atoms with van der Waals surface area (Å²) < 4.78 is 40.9. The van der Waals surface area contributed by atoms with Gasteiger partial charge in [-0.15, -0.1) is 0 Å². The van der Waals surface area contributed by atoms with Crippen LogP contribution in [0.15, 0.2) is 34.8 Å². The maximum Gasteiger partial charge on any atom is 0.194 e. The molecule has 1 nitrogen and oxygen atoms in total. The van der Waals surface area contributed by atoms with Gasteiger partial charge in [0.15, 0.2) is 17.5 Å². The molecule has 2 aromatic carbocycles. The van der Waals surface area contributed by atoms with Crippen molar-refractivity contribution >= 4 is 27.5 Å². The van der Waals surface area contributed by atoms with Crippen LogP contribution < -0.4 is 5.32 Å². The van der Waals surface area contributed by atoms with Gasteiger partial charge in [-0.3, -0.25) is 0 Å². The molecule has 1 N–H and O–H groups in total. The van der Waals surface area contributed by atoms with Crippen molar-refractivity contribution in [1.29, 1.82) is 0 Å². The summed E-state index contributed by atoms with van der Waals surface area (Å²) in [6.07, 6.45) is 0. The molecule has 6 heteroatoms. The smallest absolute Gasteiger partial charge is 0.194 e. The van der Waals surface area contributed by atoms with Crippen LogP contribution in [0.1, 0.15) is 17.2 Å². The molecule has 0 heterocycles. The summed E-state index contributed by atoms with van der Waals surface area (Å²) >= 11 is 9.44. The van der Waals surface area contributed by atoms with Crippen LogP contribution in [0.25, 0.3) is 0 Å². The van der Waals surface area contributed by atoms with Crippen LogP contribution in [0.3, 0.4) is 0 Å². The Morgan fingerprint density at radius 3 is 2.40 bits per heavy atom. The lowest BCUT2D eigenvalue weighted by atomic mass is 9.98. The third-order valence-electron chi connectivity index (χ3n) is 2.96. The van der Waals surface area contributed by atoms with Crippen LogP contribution in [0.5, 0.6) is 0 Å². The molecule has 0 saturated carbocycles. The fraction of sp³-hybridized carbons (Fsp3) is 0.143. The Morgan fingerprint density at radius 2 is 1.75 bits per heavy atom. The average Bonchev–Trinajstić information content (AvgIpc) is 2.44. The van der Waals surface area contributed by atoms with Crippen LogP contribution in [-0.4, -0.2) is 7.05 Å². The third kappa shape index (κ3) is 2.71. The molecule has 0 saturated heterocycles. The van der Waals surface area contributed by atoms with Crippen LogP contribution in [0.2, 0.25) is 5.02 Å². The van der Waals surface area contributed by atoms with E-state index in [2.05, 4.69) is 21.2 Å². The zero-order valence-electron chi connectivity index (χ0n) is 10.4. The van der Waals surface area contributed by atoms with E-state index in [-0.39, 0.29) is 5.56 Å². The number of rotatable bonds is 3. The first kappa shape index (κ1) is 15.4. The van der Waals surface area contributed by atoms with E-state index >= 15 is 0 Å². The lowest BCUT2D eigenvalue weighted by molar-refractivity contribution is 0.435. The molecule has 0 radical (unpaired) electrons. The van der Waals surface area contributed by atoms with Gasteiger partial charge in [0.05, 0.1) is 11.1 Å². The molecule has 1 unspecified atom stereocenters. The van der Waals surface area contributed by atoms with Gasteiger partial charge >= 0.3 is 0 Å². The van der Waals surface area contributed by atoms with E-state index in [1.54, 1.807) is 25.2 Å². The van der Waals surface area contributed by atoms with Crippen molar-refractivity contribution in [2.75, 3.05) is 7.05 Å². The van der Waals surface area contributed by atoms with E-state index in [9.17, 15) is 13.2 Å². The third-order valence-corrected chi connectivity index (χ3v) is 4.27. The van der Waals surface area contributed by atoms with Gasteiger partial charge in [0.1, 0.15) is 0 Å². The monoisotopic (exact) mass is 363 g/mol. The quantitative estimate of drug-likeness (QED) is 0.769. The Bertz CT molecular complexity index is 649. The van der Waals surface area contributed by atoms with Crippen LogP contribution in [-0.2, 0) is 0 Å². The Balaban J connectivity index is 2.59. The van der Waals surface area contributed by atoms with E-state index in [1.807, 2.05) is 0 Å². The lowest BCUT2D eigenvalue weighted by Gasteiger charge is -2.20. The maximum absolute atomic E-state index is 13.9. The molecule has 0 aliphatic heterocycles. The second kappa shape index (κ2) is 6.16. The zero-order chi connectivity index (χ0) is 14.9. The highest BCUT2D eigenvalue weighted by atomic mass is 79.9. The minimum Gasteiger partial charge on any atom is -0.309 e. The standard InChI is InChI=1S/C14H10BrClF3N/c1-20-14(7-3-2-4-9(15)11(7)16)8-5-6-10(17)13(19)12(8)18/h2-6,14,20H,1H3. The van der Waals surface area contributed by atoms with Gasteiger partial charge in [0.25, 0.3) is 0 Å². The van der Waals surface area contributed by atoms with Crippen molar-refractivity contribution in [3.05, 3.63) is 68.4 Å². The first-order valence-corrected chi connectivity index (χ1v) is 6.89. The molecular formula is C14H10BrClF3N. The highest BCUT2D eigenvalue weighted by Crippen LogP contribution is 2.34. The maximum atomic E-state index is 13.9. The van der Waals surface area contributed by atoms with E-state index in [4.69, 9.17) is 11.6 Å². The number of benzene rings is 2.